The highest BCUT2D eigenvalue weighted by Crippen LogP contribution is 2.16. The summed E-state index contributed by atoms with van der Waals surface area (Å²) in [5.41, 5.74) is 0.972. The predicted octanol–water partition coefficient (Wildman–Crippen LogP) is 3.83. The van der Waals surface area contributed by atoms with E-state index in [0.717, 1.165) is 12.2 Å². The third-order valence-electron chi connectivity index (χ3n) is 3.13. The Bertz CT molecular complexity index is 622. The number of carbonyl (C=O) groups excluding carboxylic acids is 2. The van der Waals surface area contributed by atoms with E-state index in [1.807, 2.05) is 6.92 Å². The average Bonchev–Trinajstić information content (AvgIpc) is 2.91. The summed E-state index contributed by atoms with van der Waals surface area (Å²) >= 11 is 0. The van der Waals surface area contributed by atoms with E-state index < -0.39 is 0 Å². The van der Waals surface area contributed by atoms with E-state index in [2.05, 4.69) is 0 Å². The minimum Gasteiger partial charge on any atom is -0.494 e. The van der Waals surface area contributed by atoms with Gasteiger partial charge < -0.3 is 9.15 Å². The molecule has 2 rings (SSSR count). The van der Waals surface area contributed by atoms with Gasteiger partial charge in [-0.1, -0.05) is 6.92 Å². The summed E-state index contributed by atoms with van der Waals surface area (Å²) in [7, 11) is 0. The number of hydrogen-bond donors (Lipinski definition) is 0. The van der Waals surface area contributed by atoms with Crippen molar-refractivity contribution in [3.63, 3.8) is 0 Å². The van der Waals surface area contributed by atoms with E-state index >= 15 is 0 Å². The van der Waals surface area contributed by atoms with E-state index in [1.165, 1.54) is 6.26 Å². The summed E-state index contributed by atoms with van der Waals surface area (Å²) < 4.78 is 10.5. The topological polar surface area (TPSA) is 56.5 Å². The molecule has 0 amide bonds. The molecule has 1 aromatic heterocycles. The Hall–Kier alpha value is -2.36. The number of rotatable bonds is 7. The van der Waals surface area contributed by atoms with Crippen LogP contribution >= 0.6 is 0 Å². The summed E-state index contributed by atoms with van der Waals surface area (Å²) in [6.07, 6.45) is 2.22. The Balaban J connectivity index is 2.00. The van der Waals surface area contributed by atoms with Gasteiger partial charge in [0, 0.05) is 5.56 Å². The molecule has 0 saturated heterocycles. The van der Waals surface area contributed by atoms with Gasteiger partial charge in [0.2, 0.25) is 0 Å². The van der Waals surface area contributed by atoms with Gasteiger partial charge in [0.05, 0.1) is 24.9 Å². The van der Waals surface area contributed by atoms with Gasteiger partial charge in [0.25, 0.3) is 0 Å². The second-order valence-electron chi connectivity index (χ2n) is 4.79. The summed E-state index contributed by atoms with van der Waals surface area (Å²) in [4.78, 5) is 24.1. The van der Waals surface area contributed by atoms with Crippen LogP contribution in [0.25, 0.3) is 0 Å². The molecule has 1 heterocycles. The molecule has 0 N–H and O–H groups in total. The van der Waals surface area contributed by atoms with Crippen LogP contribution in [0.2, 0.25) is 0 Å². The van der Waals surface area contributed by atoms with Crippen LogP contribution in [0.3, 0.4) is 0 Å². The first-order valence-corrected chi connectivity index (χ1v) is 6.95. The van der Waals surface area contributed by atoms with E-state index in [4.69, 9.17) is 9.15 Å². The van der Waals surface area contributed by atoms with Gasteiger partial charge >= 0.3 is 0 Å². The molecular formula is C17H18O4. The third kappa shape index (κ3) is 3.81. The second-order valence-corrected chi connectivity index (χ2v) is 4.79. The first-order valence-electron chi connectivity index (χ1n) is 6.95. The molecule has 1 aromatic carbocycles. The molecule has 0 saturated carbocycles. The lowest BCUT2D eigenvalue weighted by Crippen LogP contribution is -2.09. The third-order valence-corrected chi connectivity index (χ3v) is 3.13. The minimum atomic E-state index is -0.224. The standard InChI is InChI=1S/C17H18O4/c1-3-9-21-14-6-4-13(5-7-14)16(18)11-17(19)15-8-10-20-12(15)2/h4-8,10H,3,9,11H2,1-2H3. The van der Waals surface area contributed by atoms with Crippen molar-refractivity contribution in [2.75, 3.05) is 6.61 Å². The van der Waals surface area contributed by atoms with Crippen LogP contribution < -0.4 is 4.74 Å². The molecule has 0 fully saturated rings. The van der Waals surface area contributed by atoms with E-state index in [-0.39, 0.29) is 18.0 Å². The fourth-order valence-corrected chi connectivity index (χ4v) is 1.97. The quantitative estimate of drug-likeness (QED) is 0.573. The summed E-state index contributed by atoms with van der Waals surface area (Å²) in [5, 5.41) is 0. The number of ether oxygens (including phenoxy) is 1. The van der Waals surface area contributed by atoms with Crippen LogP contribution in [0.15, 0.2) is 41.0 Å². The zero-order chi connectivity index (χ0) is 15.2. The number of hydrogen-bond acceptors (Lipinski definition) is 4. The lowest BCUT2D eigenvalue weighted by atomic mass is 10.0. The van der Waals surface area contributed by atoms with Gasteiger partial charge in [-0.25, -0.2) is 0 Å². The lowest BCUT2D eigenvalue weighted by Gasteiger charge is -2.05. The maximum atomic E-state index is 12.1. The molecule has 4 heteroatoms. The molecule has 21 heavy (non-hydrogen) atoms. The predicted molar refractivity (Wildman–Crippen MR) is 79.0 cm³/mol. The van der Waals surface area contributed by atoms with Gasteiger partial charge in [0.15, 0.2) is 11.6 Å². The molecule has 0 spiro atoms. The fourth-order valence-electron chi connectivity index (χ4n) is 1.97. The number of aryl methyl sites for hydroxylation is 1. The highest BCUT2D eigenvalue weighted by molar-refractivity contribution is 6.13. The Kier molecular flexibility index (Phi) is 4.93. The number of furan rings is 1. The van der Waals surface area contributed by atoms with Crippen LogP contribution in [-0.2, 0) is 0 Å². The van der Waals surface area contributed by atoms with Crippen molar-refractivity contribution < 1.29 is 18.7 Å². The first-order chi connectivity index (χ1) is 10.1. The van der Waals surface area contributed by atoms with Gasteiger partial charge in [0.1, 0.15) is 11.5 Å². The summed E-state index contributed by atoms with van der Waals surface area (Å²) in [6.45, 7) is 4.38. The Morgan fingerprint density at radius 1 is 1.10 bits per heavy atom. The zero-order valence-corrected chi connectivity index (χ0v) is 12.2. The Morgan fingerprint density at radius 2 is 1.81 bits per heavy atom. The van der Waals surface area contributed by atoms with E-state index in [0.29, 0.717) is 23.5 Å². The van der Waals surface area contributed by atoms with Crippen LogP contribution in [-0.4, -0.2) is 18.2 Å². The second kappa shape index (κ2) is 6.88. The van der Waals surface area contributed by atoms with Crippen LogP contribution in [0, 0.1) is 6.92 Å². The average molecular weight is 286 g/mol. The van der Waals surface area contributed by atoms with Crippen molar-refractivity contribution in [2.24, 2.45) is 0 Å². The molecule has 0 aliphatic heterocycles. The molecule has 0 aliphatic carbocycles. The highest BCUT2D eigenvalue weighted by atomic mass is 16.5. The highest BCUT2D eigenvalue weighted by Gasteiger charge is 2.16. The lowest BCUT2D eigenvalue weighted by molar-refractivity contribution is 0.0893. The van der Waals surface area contributed by atoms with Crippen molar-refractivity contribution in [2.45, 2.75) is 26.7 Å². The first kappa shape index (κ1) is 15.0. The van der Waals surface area contributed by atoms with E-state index in [9.17, 15) is 9.59 Å². The molecule has 0 bridgehead atoms. The number of ketones is 2. The van der Waals surface area contributed by atoms with Gasteiger partial charge in [-0.3, -0.25) is 9.59 Å². The minimum absolute atomic E-state index is 0.157. The number of benzene rings is 1. The van der Waals surface area contributed by atoms with E-state index in [1.54, 1.807) is 37.3 Å². The smallest absolute Gasteiger partial charge is 0.174 e. The van der Waals surface area contributed by atoms with Crippen LogP contribution in [0.1, 0.15) is 46.2 Å². The van der Waals surface area contributed by atoms with Gasteiger partial charge in [-0.05, 0) is 43.7 Å². The maximum absolute atomic E-state index is 12.1. The molecule has 2 aromatic rings. The van der Waals surface area contributed by atoms with Gasteiger partial charge in [-0.2, -0.15) is 0 Å². The molecule has 0 radical (unpaired) electrons. The molecule has 110 valence electrons. The SMILES string of the molecule is CCCOc1ccc(C(=O)CC(=O)c2ccoc2C)cc1. The molecule has 0 atom stereocenters. The van der Waals surface area contributed by atoms with Gasteiger partial charge in [-0.15, -0.1) is 0 Å². The van der Waals surface area contributed by atoms with Crippen molar-refractivity contribution in [1.82, 2.24) is 0 Å². The molecule has 4 nitrogen and oxygen atoms in total. The fraction of sp³-hybridized carbons (Fsp3) is 0.294. The molecular weight excluding hydrogens is 268 g/mol. The summed E-state index contributed by atoms with van der Waals surface area (Å²) in [5.74, 6) is 0.835. The normalized spacial score (nSPS) is 10.4. The molecule has 0 aliphatic rings. The maximum Gasteiger partial charge on any atom is 0.174 e. The summed E-state index contributed by atoms with van der Waals surface area (Å²) in [6, 6.07) is 8.45. The Morgan fingerprint density at radius 3 is 2.38 bits per heavy atom. The van der Waals surface area contributed by atoms with Crippen molar-refractivity contribution in [3.05, 3.63) is 53.5 Å². The molecule has 0 unspecified atom stereocenters. The van der Waals surface area contributed by atoms with Crippen molar-refractivity contribution >= 4 is 11.6 Å². The number of carbonyl (C=O) groups is 2. The van der Waals surface area contributed by atoms with Crippen LogP contribution in [0.5, 0.6) is 5.75 Å². The monoisotopic (exact) mass is 286 g/mol. The Labute approximate surface area is 123 Å². The largest absolute Gasteiger partial charge is 0.494 e. The van der Waals surface area contributed by atoms with Crippen molar-refractivity contribution in [1.29, 1.82) is 0 Å². The van der Waals surface area contributed by atoms with Crippen LogP contribution in [0.4, 0.5) is 0 Å². The van der Waals surface area contributed by atoms with Crippen molar-refractivity contribution in [3.8, 4) is 5.75 Å². The zero-order valence-electron chi connectivity index (χ0n) is 12.2. The number of Topliss-reactive ketones (excluding diaryl/α,β-unsaturated/α-hetero) is 2.